The van der Waals surface area contributed by atoms with Crippen molar-refractivity contribution in [2.45, 2.75) is 32.1 Å². The Balaban J connectivity index is 1.91. The van der Waals surface area contributed by atoms with E-state index in [9.17, 15) is 4.79 Å². The quantitative estimate of drug-likeness (QED) is 0.853. The lowest BCUT2D eigenvalue weighted by atomic mass is 9.75. The van der Waals surface area contributed by atoms with Crippen molar-refractivity contribution >= 4 is 17.5 Å². The summed E-state index contributed by atoms with van der Waals surface area (Å²) in [4.78, 5) is 16.0. The van der Waals surface area contributed by atoms with Crippen LogP contribution < -0.4 is 5.32 Å². The molecule has 4 nitrogen and oxygen atoms in total. The Labute approximate surface area is 113 Å². The van der Waals surface area contributed by atoms with Crippen LogP contribution in [-0.2, 0) is 7.05 Å². The van der Waals surface area contributed by atoms with Gasteiger partial charge in [-0.1, -0.05) is 19.3 Å². The van der Waals surface area contributed by atoms with E-state index < -0.39 is 0 Å². The topological polar surface area (TPSA) is 46.9 Å². The number of aromatic nitrogens is 2. The zero-order chi connectivity index (χ0) is 13.0. The molecule has 100 valence electrons. The second-order valence-corrected chi connectivity index (χ2v) is 5.57. The van der Waals surface area contributed by atoms with Crippen LogP contribution in [0.4, 0.5) is 0 Å². The second kappa shape index (κ2) is 5.74. The molecule has 0 radical (unpaired) electrons. The van der Waals surface area contributed by atoms with Gasteiger partial charge in [-0.3, -0.25) is 4.79 Å². The molecule has 1 aromatic heterocycles. The first-order chi connectivity index (χ1) is 8.65. The average molecular weight is 270 g/mol. The number of hydrogen-bond donors (Lipinski definition) is 1. The largest absolute Gasteiger partial charge is 0.350 e. The van der Waals surface area contributed by atoms with Crippen LogP contribution in [0.5, 0.6) is 0 Å². The van der Waals surface area contributed by atoms with Crippen molar-refractivity contribution in [2.24, 2.45) is 12.5 Å². The molecule has 1 saturated carbocycles. The van der Waals surface area contributed by atoms with Gasteiger partial charge in [0.15, 0.2) is 0 Å². The van der Waals surface area contributed by atoms with Crippen LogP contribution in [0.15, 0.2) is 12.5 Å². The molecule has 5 heteroatoms. The highest BCUT2D eigenvalue weighted by Gasteiger charge is 2.31. The molecule has 1 fully saturated rings. The van der Waals surface area contributed by atoms with Crippen LogP contribution in [0.1, 0.15) is 42.6 Å². The van der Waals surface area contributed by atoms with Gasteiger partial charge in [-0.05, 0) is 12.8 Å². The molecular formula is C13H20ClN3O. The SMILES string of the molecule is Cn1cnc(C(=O)NCC2(CCl)CCCCC2)c1. The number of nitrogens with zero attached hydrogens (tertiary/aromatic N) is 2. The third-order valence-corrected chi connectivity index (χ3v) is 4.33. The Morgan fingerprint density at radius 1 is 1.50 bits per heavy atom. The smallest absolute Gasteiger partial charge is 0.271 e. The monoisotopic (exact) mass is 269 g/mol. The number of carbonyl (C=O) groups is 1. The van der Waals surface area contributed by atoms with Crippen molar-refractivity contribution in [1.29, 1.82) is 0 Å². The highest BCUT2D eigenvalue weighted by molar-refractivity contribution is 6.18. The van der Waals surface area contributed by atoms with E-state index in [1.807, 2.05) is 7.05 Å². The molecule has 1 N–H and O–H groups in total. The molecule has 1 amide bonds. The maximum atomic E-state index is 11.9. The van der Waals surface area contributed by atoms with Crippen molar-refractivity contribution in [1.82, 2.24) is 14.9 Å². The van der Waals surface area contributed by atoms with Gasteiger partial charge in [-0.25, -0.2) is 4.98 Å². The first-order valence-corrected chi connectivity index (χ1v) is 7.01. The summed E-state index contributed by atoms with van der Waals surface area (Å²) in [6.45, 7) is 0.659. The highest BCUT2D eigenvalue weighted by atomic mass is 35.5. The Morgan fingerprint density at radius 3 is 2.78 bits per heavy atom. The van der Waals surface area contributed by atoms with Crippen LogP contribution in [0.3, 0.4) is 0 Å². The van der Waals surface area contributed by atoms with E-state index in [1.54, 1.807) is 17.1 Å². The van der Waals surface area contributed by atoms with Gasteiger partial charge in [-0.15, -0.1) is 11.6 Å². The fourth-order valence-corrected chi connectivity index (χ4v) is 2.91. The third-order valence-electron chi connectivity index (χ3n) is 3.76. The van der Waals surface area contributed by atoms with Crippen LogP contribution in [0.25, 0.3) is 0 Å². The van der Waals surface area contributed by atoms with Crippen LogP contribution in [0, 0.1) is 5.41 Å². The lowest BCUT2D eigenvalue weighted by Crippen LogP contribution is -2.40. The second-order valence-electron chi connectivity index (χ2n) is 5.30. The number of hydrogen-bond acceptors (Lipinski definition) is 2. The summed E-state index contributed by atoms with van der Waals surface area (Å²) >= 11 is 6.10. The molecule has 18 heavy (non-hydrogen) atoms. The van der Waals surface area contributed by atoms with Gasteiger partial charge in [0.1, 0.15) is 5.69 Å². The molecule has 2 rings (SSSR count). The molecule has 1 aliphatic rings. The lowest BCUT2D eigenvalue weighted by molar-refractivity contribution is 0.0916. The molecular weight excluding hydrogens is 250 g/mol. The van der Waals surface area contributed by atoms with E-state index in [0.717, 1.165) is 12.8 Å². The number of nitrogens with one attached hydrogen (secondary N) is 1. The summed E-state index contributed by atoms with van der Waals surface area (Å²) in [6, 6.07) is 0. The zero-order valence-electron chi connectivity index (χ0n) is 10.8. The highest BCUT2D eigenvalue weighted by Crippen LogP contribution is 2.36. The summed E-state index contributed by atoms with van der Waals surface area (Å²) in [5, 5.41) is 2.97. The van der Waals surface area contributed by atoms with E-state index in [-0.39, 0.29) is 11.3 Å². The predicted octanol–water partition coefficient (Wildman–Crippen LogP) is 2.34. The van der Waals surface area contributed by atoms with E-state index in [2.05, 4.69) is 10.3 Å². The Bertz CT molecular complexity index is 410. The maximum Gasteiger partial charge on any atom is 0.271 e. The standard InChI is InChI=1S/C13H20ClN3O/c1-17-7-11(16-10-17)12(18)15-9-13(8-14)5-3-2-4-6-13/h7,10H,2-6,8-9H2,1H3,(H,15,18). The van der Waals surface area contributed by atoms with E-state index in [0.29, 0.717) is 18.1 Å². The summed E-state index contributed by atoms with van der Waals surface area (Å²) < 4.78 is 1.77. The Hall–Kier alpha value is -1.03. The molecule has 1 heterocycles. The van der Waals surface area contributed by atoms with Crippen molar-refractivity contribution in [3.8, 4) is 0 Å². The maximum absolute atomic E-state index is 11.9. The molecule has 0 aromatic carbocycles. The number of imidazole rings is 1. The van der Waals surface area contributed by atoms with Crippen LogP contribution >= 0.6 is 11.6 Å². The van der Waals surface area contributed by atoms with Gasteiger partial charge in [0.25, 0.3) is 5.91 Å². The molecule has 1 aliphatic carbocycles. The van der Waals surface area contributed by atoms with Gasteiger partial charge in [0.05, 0.1) is 6.33 Å². The summed E-state index contributed by atoms with van der Waals surface area (Å²) in [5.41, 5.74) is 0.558. The van der Waals surface area contributed by atoms with E-state index in [1.165, 1.54) is 19.3 Å². The third kappa shape index (κ3) is 3.05. The van der Waals surface area contributed by atoms with Crippen LogP contribution in [0.2, 0.25) is 0 Å². The number of alkyl halides is 1. The summed E-state index contributed by atoms with van der Waals surface area (Å²) in [5.74, 6) is 0.515. The molecule has 0 unspecified atom stereocenters. The van der Waals surface area contributed by atoms with Gasteiger partial charge in [0.2, 0.25) is 0 Å². The van der Waals surface area contributed by atoms with Gasteiger partial charge >= 0.3 is 0 Å². The minimum absolute atomic E-state index is 0.0875. The number of halogens is 1. The number of aryl methyl sites for hydroxylation is 1. The molecule has 0 spiro atoms. The predicted molar refractivity (Wildman–Crippen MR) is 71.8 cm³/mol. The Kier molecular flexibility index (Phi) is 4.27. The Morgan fingerprint density at radius 2 is 2.22 bits per heavy atom. The minimum Gasteiger partial charge on any atom is -0.350 e. The van der Waals surface area contributed by atoms with E-state index in [4.69, 9.17) is 11.6 Å². The minimum atomic E-state index is -0.106. The van der Waals surface area contributed by atoms with Crippen molar-refractivity contribution in [3.63, 3.8) is 0 Å². The van der Waals surface area contributed by atoms with Gasteiger partial charge in [0, 0.05) is 31.1 Å². The zero-order valence-corrected chi connectivity index (χ0v) is 11.5. The van der Waals surface area contributed by atoms with E-state index >= 15 is 0 Å². The molecule has 1 aromatic rings. The summed E-state index contributed by atoms with van der Waals surface area (Å²) in [7, 11) is 1.85. The normalized spacial score (nSPS) is 18.6. The van der Waals surface area contributed by atoms with Crippen molar-refractivity contribution in [3.05, 3.63) is 18.2 Å². The molecule has 0 saturated heterocycles. The molecule has 0 bridgehead atoms. The van der Waals surface area contributed by atoms with Gasteiger partial charge < -0.3 is 9.88 Å². The van der Waals surface area contributed by atoms with Crippen molar-refractivity contribution < 1.29 is 4.79 Å². The number of carbonyl (C=O) groups excluding carboxylic acids is 1. The first-order valence-electron chi connectivity index (χ1n) is 6.47. The number of amides is 1. The summed E-state index contributed by atoms with van der Waals surface area (Å²) in [6.07, 6.45) is 9.29. The lowest BCUT2D eigenvalue weighted by Gasteiger charge is -2.35. The fourth-order valence-electron chi connectivity index (χ4n) is 2.55. The molecule has 0 atom stereocenters. The average Bonchev–Trinajstić information content (AvgIpc) is 2.84. The molecule has 0 aliphatic heterocycles. The van der Waals surface area contributed by atoms with Crippen LogP contribution in [-0.4, -0.2) is 27.9 Å². The van der Waals surface area contributed by atoms with Crippen molar-refractivity contribution in [2.75, 3.05) is 12.4 Å². The number of rotatable bonds is 4. The first kappa shape index (κ1) is 13.4. The van der Waals surface area contributed by atoms with Gasteiger partial charge in [-0.2, -0.15) is 0 Å². The fraction of sp³-hybridized carbons (Fsp3) is 0.692.